The summed E-state index contributed by atoms with van der Waals surface area (Å²) >= 11 is 0. The van der Waals surface area contributed by atoms with E-state index in [0.29, 0.717) is 13.0 Å². The minimum Gasteiger partial charge on any atom is -0.493 e. The number of amides is 1. The standard InChI is InChI=1S/C28H34N4O3/c1-32(19-14-23-10-13-26(34-2)27(20-23)35-3)18-5-15-31-28(33)7-4-6-22-8-11-24(12-9-22)25-21-29-16-17-30-25/h4,6,8-13,16-17,20-21H,5,7,14-15,18-19H2,1-3H3,(H,31,33)/b6-4+. The van der Waals surface area contributed by atoms with Crippen LogP contribution in [0.5, 0.6) is 11.5 Å². The van der Waals surface area contributed by atoms with E-state index >= 15 is 0 Å². The number of benzene rings is 2. The van der Waals surface area contributed by atoms with E-state index in [-0.39, 0.29) is 5.91 Å². The highest BCUT2D eigenvalue weighted by atomic mass is 16.5. The zero-order chi connectivity index (χ0) is 24.9. The second-order valence-corrected chi connectivity index (χ2v) is 8.27. The molecule has 3 rings (SSSR count). The number of ether oxygens (including phenoxy) is 2. The van der Waals surface area contributed by atoms with Crippen molar-refractivity contribution in [3.05, 3.63) is 78.3 Å². The molecule has 0 radical (unpaired) electrons. The summed E-state index contributed by atoms with van der Waals surface area (Å²) in [5.41, 5.74) is 4.11. The molecule has 0 aliphatic heterocycles. The Kier molecular flexibility index (Phi) is 10.3. The summed E-state index contributed by atoms with van der Waals surface area (Å²) in [7, 11) is 5.39. The summed E-state index contributed by atoms with van der Waals surface area (Å²) in [6.45, 7) is 2.52. The van der Waals surface area contributed by atoms with Crippen LogP contribution in [0.25, 0.3) is 17.3 Å². The van der Waals surface area contributed by atoms with Gasteiger partial charge in [0.1, 0.15) is 0 Å². The highest BCUT2D eigenvalue weighted by Gasteiger charge is 2.06. The van der Waals surface area contributed by atoms with Gasteiger partial charge in [0.15, 0.2) is 11.5 Å². The Balaban J connectivity index is 1.30. The monoisotopic (exact) mass is 474 g/mol. The Morgan fingerprint density at radius 2 is 1.83 bits per heavy atom. The van der Waals surface area contributed by atoms with Gasteiger partial charge in [-0.1, -0.05) is 42.5 Å². The summed E-state index contributed by atoms with van der Waals surface area (Å²) in [6.07, 6.45) is 11.1. The van der Waals surface area contributed by atoms with Crippen molar-refractivity contribution in [3.63, 3.8) is 0 Å². The molecule has 0 saturated carbocycles. The lowest BCUT2D eigenvalue weighted by molar-refractivity contribution is -0.120. The second kappa shape index (κ2) is 13.9. The van der Waals surface area contributed by atoms with E-state index in [4.69, 9.17) is 9.47 Å². The average molecular weight is 475 g/mol. The van der Waals surface area contributed by atoms with Gasteiger partial charge < -0.3 is 19.7 Å². The number of nitrogens with one attached hydrogen (secondary N) is 1. The zero-order valence-corrected chi connectivity index (χ0v) is 20.7. The highest BCUT2D eigenvalue weighted by Crippen LogP contribution is 2.27. The Bertz CT molecular complexity index is 1090. The van der Waals surface area contributed by atoms with Gasteiger partial charge in [0.05, 0.1) is 26.1 Å². The number of hydrogen-bond acceptors (Lipinski definition) is 6. The van der Waals surface area contributed by atoms with Crippen molar-refractivity contribution in [2.75, 3.05) is 40.9 Å². The van der Waals surface area contributed by atoms with Crippen LogP contribution in [0, 0.1) is 0 Å². The van der Waals surface area contributed by atoms with E-state index in [1.165, 1.54) is 5.56 Å². The molecule has 0 spiro atoms. The third kappa shape index (κ3) is 8.54. The normalized spacial score (nSPS) is 11.1. The van der Waals surface area contributed by atoms with Crippen LogP contribution in [0.4, 0.5) is 0 Å². The highest BCUT2D eigenvalue weighted by molar-refractivity contribution is 5.78. The van der Waals surface area contributed by atoms with Crippen molar-refractivity contribution in [2.24, 2.45) is 0 Å². The van der Waals surface area contributed by atoms with Crippen LogP contribution in [0.3, 0.4) is 0 Å². The van der Waals surface area contributed by atoms with Crippen LogP contribution in [-0.2, 0) is 11.2 Å². The predicted octanol–water partition coefficient (Wildman–Crippen LogP) is 4.24. The molecule has 2 aromatic carbocycles. The molecule has 1 aromatic heterocycles. The number of carbonyl (C=O) groups is 1. The molecule has 7 heteroatoms. The SMILES string of the molecule is COc1ccc(CCN(C)CCCNC(=O)C/C=C/c2ccc(-c3cnccn3)cc2)cc1OC. The quantitative estimate of drug-likeness (QED) is 0.373. The van der Waals surface area contributed by atoms with Gasteiger partial charge in [-0.15, -0.1) is 0 Å². The maximum atomic E-state index is 12.1. The maximum absolute atomic E-state index is 12.1. The molecule has 1 heterocycles. The molecule has 184 valence electrons. The first kappa shape index (κ1) is 25.9. The van der Waals surface area contributed by atoms with Crippen molar-refractivity contribution in [1.82, 2.24) is 20.2 Å². The Hall–Kier alpha value is -3.71. The van der Waals surface area contributed by atoms with Crippen LogP contribution in [0.2, 0.25) is 0 Å². The van der Waals surface area contributed by atoms with Crippen molar-refractivity contribution >= 4 is 12.0 Å². The fourth-order valence-corrected chi connectivity index (χ4v) is 3.63. The molecule has 1 N–H and O–H groups in total. The van der Waals surface area contributed by atoms with Crippen molar-refractivity contribution < 1.29 is 14.3 Å². The van der Waals surface area contributed by atoms with E-state index in [9.17, 15) is 4.79 Å². The number of nitrogens with zero attached hydrogens (tertiary/aromatic N) is 3. The first-order valence-corrected chi connectivity index (χ1v) is 11.8. The minimum absolute atomic E-state index is 0.0328. The zero-order valence-electron chi connectivity index (χ0n) is 20.7. The van der Waals surface area contributed by atoms with Gasteiger partial charge >= 0.3 is 0 Å². The number of hydrogen-bond donors (Lipinski definition) is 1. The Morgan fingerprint density at radius 1 is 1.03 bits per heavy atom. The van der Waals surface area contributed by atoms with E-state index in [2.05, 4.69) is 33.3 Å². The fourth-order valence-electron chi connectivity index (χ4n) is 3.63. The number of rotatable bonds is 13. The largest absolute Gasteiger partial charge is 0.493 e. The molecule has 35 heavy (non-hydrogen) atoms. The summed E-state index contributed by atoms with van der Waals surface area (Å²) in [5, 5.41) is 2.99. The fraction of sp³-hybridized carbons (Fsp3) is 0.321. The molecule has 0 saturated heterocycles. The van der Waals surface area contributed by atoms with Gasteiger partial charge in [-0.2, -0.15) is 0 Å². The van der Waals surface area contributed by atoms with Gasteiger partial charge in [-0.05, 0) is 49.7 Å². The number of carbonyl (C=O) groups excluding carboxylic acids is 1. The molecule has 3 aromatic rings. The van der Waals surface area contributed by atoms with E-state index in [0.717, 1.165) is 54.3 Å². The van der Waals surface area contributed by atoms with E-state index in [1.807, 2.05) is 48.6 Å². The van der Waals surface area contributed by atoms with Gasteiger partial charge in [-0.25, -0.2) is 0 Å². The minimum atomic E-state index is 0.0328. The first-order chi connectivity index (χ1) is 17.1. The average Bonchev–Trinajstić information content (AvgIpc) is 2.90. The summed E-state index contributed by atoms with van der Waals surface area (Å²) in [4.78, 5) is 22.8. The van der Waals surface area contributed by atoms with E-state index < -0.39 is 0 Å². The van der Waals surface area contributed by atoms with Crippen molar-refractivity contribution in [1.29, 1.82) is 0 Å². The van der Waals surface area contributed by atoms with Gasteiger partial charge in [0.25, 0.3) is 0 Å². The van der Waals surface area contributed by atoms with Gasteiger partial charge in [0.2, 0.25) is 5.91 Å². The first-order valence-electron chi connectivity index (χ1n) is 11.8. The van der Waals surface area contributed by atoms with E-state index in [1.54, 1.807) is 32.8 Å². The third-order valence-corrected chi connectivity index (χ3v) is 5.65. The number of aromatic nitrogens is 2. The molecule has 0 unspecified atom stereocenters. The number of methoxy groups -OCH3 is 2. The summed E-state index contributed by atoms with van der Waals surface area (Å²) in [6, 6.07) is 14.1. The molecule has 0 atom stereocenters. The van der Waals surface area contributed by atoms with Crippen LogP contribution in [0.15, 0.2) is 67.1 Å². The molecular formula is C28H34N4O3. The lowest BCUT2D eigenvalue weighted by Crippen LogP contribution is -2.28. The molecule has 1 amide bonds. The van der Waals surface area contributed by atoms with Crippen LogP contribution in [0.1, 0.15) is 24.0 Å². The molecular weight excluding hydrogens is 440 g/mol. The molecule has 0 aliphatic carbocycles. The van der Waals surface area contributed by atoms with Gasteiger partial charge in [0, 0.05) is 37.5 Å². The van der Waals surface area contributed by atoms with Gasteiger partial charge in [-0.3, -0.25) is 14.8 Å². The lowest BCUT2D eigenvalue weighted by atomic mass is 10.1. The van der Waals surface area contributed by atoms with Crippen molar-refractivity contribution in [2.45, 2.75) is 19.3 Å². The number of likely N-dealkylation sites (N-methyl/N-ethyl adjacent to an activating group) is 1. The topological polar surface area (TPSA) is 76.6 Å². The smallest absolute Gasteiger partial charge is 0.223 e. The lowest BCUT2D eigenvalue weighted by Gasteiger charge is -2.17. The summed E-state index contributed by atoms with van der Waals surface area (Å²) in [5.74, 6) is 1.53. The van der Waals surface area contributed by atoms with Crippen molar-refractivity contribution in [3.8, 4) is 22.8 Å². The maximum Gasteiger partial charge on any atom is 0.223 e. The third-order valence-electron chi connectivity index (χ3n) is 5.65. The summed E-state index contributed by atoms with van der Waals surface area (Å²) < 4.78 is 10.7. The molecule has 0 aliphatic rings. The molecule has 0 bridgehead atoms. The van der Waals surface area contributed by atoms with Crippen LogP contribution >= 0.6 is 0 Å². The molecule has 0 fully saturated rings. The Labute approximate surface area is 207 Å². The second-order valence-electron chi connectivity index (χ2n) is 8.27. The van der Waals surface area contributed by atoms with Crippen LogP contribution in [-0.4, -0.2) is 61.7 Å². The van der Waals surface area contributed by atoms with Crippen LogP contribution < -0.4 is 14.8 Å². The molecule has 7 nitrogen and oxygen atoms in total. The predicted molar refractivity (Wildman–Crippen MR) is 139 cm³/mol. The Morgan fingerprint density at radius 3 is 2.54 bits per heavy atom.